The van der Waals surface area contributed by atoms with Crippen LogP contribution in [-0.2, 0) is 21.7 Å². The van der Waals surface area contributed by atoms with E-state index < -0.39 is 0 Å². The highest BCUT2D eigenvalue weighted by Gasteiger charge is 2.28. The van der Waals surface area contributed by atoms with E-state index in [-0.39, 0.29) is 21.7 Å². The van der Waals surface area contributed by atoms with Crippen LogP contribution >= 0.6 is 0 Å². The smallest absolute Gasteiger partial charge is 0.0543 e. The molecule has 0 spiro atoms. The highest BCUT2D eigenvalue weighted by molar-refractivity contribution is 6.27. The second-order valence-electron chi connectivity index (χ2n) is 23.9. The van der Waals surface area contributed by atoms with Crippen molar-refractivity contribution in [1.29, 1.82) is 0 Å². The number of rotatable bonds is 6. The van der Waals surface area contributed by atoms with Crippen LogP contribution < -0.4 is 4.90 Å². The number of fused-ring (bicyclic) bond motifs is 3. The van der Waals surface area contributed by atoms with E-state index in [1.165, 1.54) is 104 Å². The average Bonchev–Trinajstić information content (AvgIpc) is 3.66. The first kappa shape index (κ1) is 45.3. The third-order valence-corrected chi connectivity index (χ3v) is 15.0. The topological polar surface area (TPSA) is 8.17 Å². The Hall–Kier alpha value is -7.16. The van der Waals surface area contributed by atoms with Crippen LogP contribution in [-0.4, -0.2) is 4.57 Å². The molecule has 2 nitrogen and oxygen atoms in total. The maximum absolute atomic E-state index is 2.57. The predicted octanol–water partition coefficient (Wildman–Crippen LogP) is 19.7. The fraction of sp³-hybridized carbons (Fsp3) is 0.235. The van der Waals surface area contributed by atoms with Crippen LogP contribution in [0.3, 0.4) is 0 Å². The molecule has 0 aliphatic carbocycles. The molecule has 0 fully saturated rings. The second-order valence-corrected chi connectivity index (χ2v) is 23.9. The molecule has 348 valence electrons. The lowest BCUT2D eigenvalue weighted by atomic mass is 9.81. The first-order chi connectivity index (χ1) is 33.3. The van der Waals surface area contributed by atoms with E-state index in [1.807, 2.05) is 0 Å². The molecule has 0 amide bonds. The van der Waals surface area contributed by atoms with Gasteiger partial charge in [0.15, 0.2) is 0 Å². The van der Waals surface area contributed by atoms with E-state index in [9.17, 15) is 0 Å². The fourth-order valence-corrected chi connectivity index (χ4v) is 10.9. The van der Waals surface area contributed by atoms with E-state index in [4.69, 9.17) is 0 Å². The van der Waals surface area contributed by atoms with Crippen molar-refractivity contribution >= 4 is 71.2 Å². The lowest BCUT2D eigenvalue weighted by Gasteiger charge is -2.32. The molecule has 11 aromatic rings. The van der Waals surface area contributed by atoms with Crippen molar-refractivity contribution in [2.75, 3.05) is 4.90 Å². The minimum absolute atomic E-state index is 0.00792. The number of hydrogen-bond donors (Lipinski definition) is 0. The Labute approximate surface area is 415 Å². The number of hydrogen-bond acceptors (Lipinski definition) is 1. The number of aromatic nitrogens is 1. The van der Waals surface area contributed by atoms with Crippen LogP contribution in [0.15, 0.2) is 182 Å². The molecule has 11 rings (SSSR count). The minimum atomic E-state index is -0.0946. The molecule has 1 heterocycles. The van der Waals surface area contributed by atoms with Crippen molar-refractivity contribution in [3.8, 4) is 27.9 Å². The molecule has 0 atom stereocenters. The van der Waals surface area contributed by atoms with E-state index in [1.54, 1.807) is 0 Å². The maximum Gasteiger partial charge on any atom is 0.0543 e. The minimum Gasteiger partial charge on any atom is -0.309 e. The first-order valence-electron chi connectivity index (χ1n) is 25.3. The van der Waals surface area contributed by atoms with Crippen molar-refractivity contribution in [3.05, 3.63) is 204 Å². The Morgan fingerprint density at radius 2 is 0.786 bits per heavy atom. The molecule has 0 aliphatic rings. The molecule has 0 N–H and O–H groups in total. The second kappa shape index (κ2) is 16.2. The van der Waals surface area contributed by atoms with Gasteiger partial charge in [-0.3, -0.25) is 0 Å². The zero-order valence-electron chi connectivity index (χ0n) is 43.2. The predicted molar refractivity (Wildman–Crippen MR) is 305 cm³/mol. The monoisotopic (exact) mass is 911 g/mol. The number of anilines is 3. The maximum atomic E-state index is 2.57. The summed E-state index contributed by atoms with van der Waals surface area (Å²) in [5, 5.41) is 10.1. The van der Waals surface area contributed by atoms with Crippen molar-refractivity contribution in [2.24, 2.45) is 0 Å². The van der Waals surface area contributed by atoms with Gasteiger partial charge in [0.25, 0.3) is 0 Å². The van der Waals surface area contributed by atoms with Crippen LogP contribution in [0.1, 0.15) is 105 Å². The molecule has 70 heavy (non-hydrogen) atoms. The van der Waals surface area contributed by atoms with Gasteiger partial charge >= 0.3 is 0 Å². The molecule has 0 radical (unpaired) electrons. The lowest BCUT2D eigenvalue weighted by Crippen LogP contribution is -2.17. The molecule has 0 bridgehead atoms. The summed E-state index contributed by atoms with van der Waals surface area (Å²) < 4.78 is 2.48. The summed E-state index contributed by atoms with van der Waals surface area (Å²) in [5.74, 6) is 0. The first-order valence-corrected chi connectivity index (χ1v) is 25.3. The Kier molecular flexibility index (Phi) is 10.5. The van der Waals surface area contributed by atoms with E-state index in [2.05, 4.69) is 275 Å². The van der Waals surface area contributed by atoms with Gasteiger partial charge in [-0.15, -0.1) is 0 Å². The Balaban J connectivity index is 1.21. The lowest BCUT2D eigenvalue weighted by molar-refractivity contribution is 0.589. The van der Waals surface area contributed by atoms with Gasteiger partial charge in [0.2, 0.25) is 0 Å². The Morgan fingerprint density at radius 3 is 1.36 bits per heavy atom. The summed E-state index contributed by atoms with van der Waals surface area (Å²) in [6.45, 7) is 27.7. The van der Waals surface area contributed by atoms with Gasteiger partial charge in [0.05, 0.1) is 28.1 Å². The Morgan fingerprint density at radius 1 is 0.329 bits per heavy atom. The van der Waals surface area contributed by atoms with Gasteiger partial charge in [-0.2, -0.15) is 0 Å². The molecule has 0 saturated heterocycles. The van der Waals surface area contributed by atoms with Crippen molar-refractivity contribution < 1.29 is 0 Å². The quantitative estimate of drug-likeness (QED) is 0.151. The summed E-state index contributed by atoms with van der Waals surface area (Å²) in [7, 11) is 0. The zero-order valence-corrected chi connectivity index (χ0v) is 43.2. The van der Waals surface area contributed by atoms with E-state index >= 15 is 0 Å². The molecule has 1 aromatic heterocycles. The van der Waals surface area contributed by atoms with Crippen LogP contribution in [0, 0.1) is 0 Å². The standard InChI is InChI=1S/C68H66N2/c1-65(2,3)46-27-21-43(22-28-46)57-41-48(67(7,8)9)31-37-51(57)54-38-32-49(68(10,11)12)42-62(54)69(50-33-29-47(30-34-50)66(4,5)6)60-39-25-44-24-36-56-61(40-26-45-23-35-55(60)63(44)64(45)56)70-58-19-15-13-17-52(58)53-18-14-16-20-59(53)70/h13-42H,1-12H3. The summed E-state index contributed by atoms with van der Waals surface area (Å²) >= 11 is 0. The molecule has 10 aromatic carbocycles. The highest BCUT2D eigenvalue weighted by Crippen LogP contribution is 2.50. The number of para-hydroxylation sites is 2. The van der Waals surface area contributed by atoms with Crippen LogP contribution in [0.4, 0.5) is 17.1 Å². The van der Waals surface area contributed by atoms with Crippen molar-refractivity contribution in [3.63, 3.8) is 0 Å². The highest BCUT2D eigenvalue weighted by atomic mass is 15.1. The zero-order chi connectivity index (χ0) is 49.1. The summed E-state index contributed by atoms with van der Waals surface area (Å²) in [6, 6.07) is 69.6. The third kappa shape index (κ3) is 7.64. The van der Waals surface area contributed by atoms with Gasteiger partial charge in [0.1, 0.15) is 0 Å². The summed E-state index contributed by atoms with van der Waals surface area (Å²) in [4.78, 5) is 2.57. The molecule has 2 heteroatoms. The van der Waals surface area contributed by atoms with Crippen LogP contribution in [0.25, 0.3) is 82.1 Å². The fourth-order valence-electron chi connectivity index (χ4n) is 10.9. The van der Waals surface area contributed by atoms with E-state index in [0.717, 1.165) is 17.1 Å². The van der Waals surface area contributed by atoms with E-state index in [0.29, 0.717) is 0 Å². The molecular weight excluding hydrogens is 845 g/mol. The van der Waals surface area contributed by atoms with Gasteiger partial charge < -0.3 is 9.47 Å². The van der Waals surface area contributed by atoms with Gasteiger partial charge in [-0.05, 0) is 125 Å². The molecule has 0 aliphatic heterocycles. The normalized spacial score (nSPS) is 12.9. The average molecular weight is 911 g/mol. The molecule has 0 saturated carbocycles. The summed E-state index contributed by atoms with van der Waals surface area (Å²) in [6.07, 6.45) is 0. The largest absolute Gasteiger partial charge is 0.309 e. The van der Waals surface area contributed by atoms with Crippen LogP contribution in [0.5, 0.6) is 0 Å². The van der Waals surface area contributed by atoms with Crippen molar-refractivity contribution in [2.45, 2.75) is 105 Å². The molecular formula is C68H66N2. The third-order valence-electron chi connectivity index (χ3n) is 15.0. The van der Waals surface area contributed by atoms with Crippen LogP contribution in [0.2, 0.25) is 0 Å². The van der Waals surface area contributed by atoms with Gasteiger partial charge in [-0.25, -0.2) is 0 Å². The molecule has 0 unspecified atom stereocenters. The summed E-state index contributed by atoms with van der Waals surface area (Å²) in [5.41, 5.74) is 17.2. The SMILES string of the molecule is CC(C)(C)c1ccc(-c2cc(C(C)(C)C)ccc2-c2ccc(C(C)(C)C)cc2N(c2ccc(C(C)(C)C)cc2)c2ccc3ccc4c(-n5c6ccccc6c6ccccc65)ccc5ccc2c3c54)cc1. The van der Waals surface area contributed by atoms with Gasteiger partial charge in [0, 0.05) is 32.8 Å². The van der Waals surface area contributed by atoms with Crippen molar-refractivity contribution in [1.82, 2.24) is 4.57 Å². The number of nitrogens with zero attached hydrogens (tertiary/aromatic N) is 2. The number of benzene rings is 10. The van der Waals surface area contributed by atoms with Gasteiger partial charge in [-0.1, -0.05) is 223 Å². The Bertz CT molecular complexity index is 3720.